The minimum Gasteiger partial charge on any atom is -0.506 e. The van der Waals surface area contributed by atoms with Crippen molar-refractivity contribution in [3.05, 3.63) is 55.1 Å². The maximum absolute atomic E-state index is 9.88. The molecule has 0 unspecified atom stereocenters. The predicted octanol–water partition coefficient (Wildman–Crippen LogP) is 5.22. The lowest BCUT2D eigenvalue weighted by Gasteiger charge is -2.12. The molecule has 0 fully saturated rings. The van der Waals surface area contributed by atoms with E-state index in [1.807, 2.05) is 19.1 Å². The molecule has 0 atom stereocenters. The molecule has 5 heteroatoms. The van der Waals surface area contributed by atoms with Crippen molar-refractivity contribution in [3.8, 4) is 5.75 Å². The van der Waals surface area contributed by atoms with E-state index in [-0.39, 0.29) is 10.8 Å². The lowest BCUT2D eigenvalue weighted by molar-refractivity contribution is 0.469. The standard InChI is InChI=1S/C14H12Cl2INO/c1-8-4-11(17)2-3-13(8)18-7-9-5-10(15)6-12(16)14(9)19/h2-6,18-19H,7H2,1H3. The van der Waals surface area contributed by atoms with Gasteiger partial charge in [0.2, 0.25) is 0 Å². The van der Waals surface area contributed by atoms with Crippen LogP contribution in [0.25, 0.3) is 0 Å². The number of rotatable bonds is 3. The molecule has 2 aromatic rings. The Morgan fingerprint density at radius 2 is 1.95 bits per heavy atom. The zero-order chi connectivity index (χ0) is 14.0. The summed E-state index contributed by atoms with van der Waals surface area (Å²) in [6.07, 6.45) is 0. The van der Waals surface area contributed by atoms with Crippen molar-refractivity contribution in [2.24, 2.45) is 0 Å². The van der Waals surface area contributed by atoms with Crippen LogP contribution in [-0.4, -0.2) is 5.11 Å². The van der Waals surface area contributed by atoms with E-state index in [0.717, 1.165) is 11.3 Å². The summed E-state index contributed by atoms with van der Waals surface area (Å²) in [4.78, 5) is 0. The minimum atomic E-state index is 0.0710. The Kier molecular flexibility index (Phi) is 4.81. The average Bonchev–Trinajstić information content (AvgIpc) is 2.33. The first-order valence-corrected chi connectivity index (χ1v) is 7.48. The average molecular weight is 408 g/mol. The van der Waals surface area contributed by atoms with Crippen LogP contribution in [0.3, 0.4) is 0 Å². The number of phenolic OH excluding ortho intramolecular Hbond substituents is 1. The highest BCUT2D eigenvalue weighted by molar-refractivity contribution is 14.1. The molecule has 0 aliphatic carbocycles. The van der Waals surface area contributed by atoms with Gasteiger partial charge in [0.05, 0.1) is 5.02 Å². The fraction of sp³-hybridized carbons (Fsp3) is 0.143. The maximum atomic E-state index is 9.88. The van der Waals surface area contributed by atoms with Crippen LogP contribution < -0.4 is 5.32 Å². The van der Waals surface area contributed by atoms with E-state index >= 15 is 0 Å². The summed E-state index contributed by atoms with van der Waals surface area (Å²) in [6, 6.07) is 9.37. The van der Waals surface area contributed by atoms with Gasteiger partial charge in [0, 0.05) is 26.4 Å². The van der Waals surface area contributed by atoms with E-state index in [0.29, 0.717) is 17.1 Å². The molecule has 0 amide bonds. The molecule has 0 spiro atoms. The second kappa shape index (κ2) is 6.20. The van der Waals surface area contributed by atoms with Crippen molar-refractivity contribution < 1.29 is 5.11 Å². The molecule has 0 aliphatic rings. The topological polar surface area (TPSA) is 32.3 Å². The van der Waals surface area contributed by atoms with Crippen LogP contribution in [0, 0.1) is 10.5 Å². The van der Waals surface area contributed by atoms with Gasteiger partial charge in [-0.25, -0.2) is 0 Å². The first-order chi connectivity index (χ1) is 8.97. The van der Waals surface area contributed by atoms with Gasteiger partial charge in [0.15, 0.2) is 0 Å². The van der Waals surface area contributed by atoms with Gasteiger partial charge in [-0.05, 0) is 65.4 Å². The van der Waals surface area contributed by atoms with Gasteiger partial charge in [-0.1, -0.05) is 23.2 Å². The number of anilines is 1. The normalized spacial score (nSPS) is 10.5. The van der Waals surface area contributed by atoms with Crippen LogP contribution in [0.1, 0.15) is 11.1 Å². The van der Waals surface area contributed by atoms with E-state index < -0.39 is 0 Å². The number of benzene rings is 2. The minimum absolute atomic E-state index is 0.0710. The molecular weight excluding hydrogens is 396 g/mol. The van der Waals surface area contributed by atoms with Crippen LogP contribution in [-0.2, 0) is 6.54 Å². The number of aryl methyl sites for hydroxylation is 1. The number of nitrogens with one attached hydrogen (secondary N) is 1. The van der Waals surface area contributed by atoms with Gasteiger partial charge in [0.25, 0.3) is 0 Å². The Morgan fingerprint density at radius 3 is 2.63 bits per heavy atom. The summed E-state index contributed by atoms with van der Waals surface area (Å²) >= 11 is 14.1. The third kappa shape index (κ3) is 3.68. The Morgan fingerprint density at radius 1 is 1.21 bits per heavy atom. The van der Waals surface area contributed by atoms with Crippen molar-refractivity contribution in [3.63, 3.8) is 0 Å². The SMILES string of the molecule is Cc1cc(I)ccc1NCc1cc(Cl)cc(Cl)c1O. The molecule has 100 valence electrons. The fourth-order valence-corrected chi connectivity index (χ4v) is 2.95. The van der Waals surface area contributed by atoms with Gasteiger partial charge in [-0.3, -0.25) is 0 Å². The summed E-state index contributed by atoms with van der Waals surface area (Å²) in [5.41, 5.74) is 2.85. The Hall–Kier alpha value is -0.650. The van der Waals surface area contributed by atoms with E-state index in [1.165, 1.54) is 9.64 Å². The van der Waals surface area contributed by atoms with Gasteiger partial charge in [-0.2, -0.15) is 0 Å². The molecule has 0 radical (unpaired) electrons. The molecule has 0 aromatic heterocycles. The van der Waals surface area contributed by atoms with Crippen LogP contribution in [0.4, 0.5) is 5.69 Å². The highest BCUT2D eigenvalue weighted by atomic mass is 127. The first-order valence-electron chi connectivity index (χ1n) is 5.64. The van der Waals surface area contributed by atoms with Crippen molar-refractivity contribution in [2.45, 2.75) is 13.5 Å². The molecule has 0 saturated heterocycles. The third-order valence-corrected chi connectivity index (χ3v) is 3.94. The maximum Gasteiger partial charge on any atom is 0.139 e. The van der Waals surface area contributed by atoms with Crippen molar-refractivity contribution in [1.82, 2.24) is 0 Å². The molecule has 2 N–H and O–H groups in total. The van der Waals surface area contributed by atoms with Gasteiger partial charge in [0.1, 0.15) is 5.75 Å². The molecule has 0 saturated carbocycles. The smallest absolute Gasteiger partial charge is 0.139 e. The van der Waals surface area contributed by atoms with Crippen LogP contribution in [0.15, 0.2) is 30.3 Å². The van der Waals surface area contributed by atoms with Crippen molar-refractivity contribution >= 4 is 51.5 Å². The zero-order valence-electron chi connectivity index (χ0n) is 10.2. The summed E-state index contributed by atoms with van der Waals surface area (Å²) < 4.78 is 1.19. The van der Waals surface area contributed by atoms with Gasteiger partial charge < -0.3 is 10.4 Å². The van der Waals surface area contributed by atoms with Crippen molar-refractivity contribution in [1.29, 1.82) is 0 Å². The number of aromatic hydroxyl groups is 1. The first kappa shape index (κ1) is 14.8. The third-order valence-electron chi connectivity index (χ3n) is 2.76. The second-order valence-corrected chi connectivity index (χ2v) is 6.30. The predicted molar refractivity (Wildman–Crippen MR) is 89.3 cm³/mol. The van der Waals surface area contributed by atoms with Crippen LogP contribution >= 0.6 is 45.8 Å². The number of phenols is 1. The molecule has 2 rings (SSSR count). The molecular formula is C14H12Cl2INO. The molecule has 0 bridgehead atoms. The number of hydrogen-bond acceptors (Lipinski definition) is 2. The van der Waals surface area contributed by atoms with E-state index in [4.69, 9.17) is 23.2 Å². The quantitative estimate of drug-likeness (QED) is 0.683. The lowest BCUT2D eigenvalue weighted by Crippen LogP contribution is -2.01. The van der Waals surface area contributed by atoms with Gasteiger partial charge in [-0.15, -0.1) is 0 Å². The van der Waals surface area contributed by atoms with Crippen LogP contribution in [0.5, 0.6) is 5.75 Å². The largest absolute Gasteiger partial charge is 0.506 e. The molecule has 2 nitrogen and oxygen atoms in total. The summed E-state index contributed by atoms with van der Waals surface area (Å²) in [5.74, 6) is 0.0710. The molecule has 0 aliphatic heterocycles. The summed E-state index contributed by atoms with van der Waals surface area (Å²) in [7, 11) is 0. The Bertz CT molecular complexity index is 617. The van der Waals surface area contributed by atoms with Crippen LogP contribution in [0.2, 0.25) is 10.0 Å². The lowest BCUT2D eigenvalue weighted by atomic mass is 10.1. The number of hydrogen-bond donors (Lipinski definition) is 2. The highest BCUT2D eigenvalue weighted by Crippen LogP contribution is 2.31. The van der Waals surface area contributed by atoms with E-state index in [9.17, 15) is 5.11 Å². The number of halogens is 3. The summed E-state index contributed by atoms with van der Waals surface area (Å²) in [5, 5.41) is 13.9. The zero-order valence-corrected chi connectivity index (χ0v) is 13.8. The monoisotopic (exact) mass is 407 g/mol. The summed E-state index contributed by atoms with van der Waals surface area (Å²) in [6.45, 7) is 2.50. The van der Waals surface area contributed by atoms with E-state index in [2.05, 4.69) is 34.0 Å². The highest BCUT2D eigenvalue weighted by Gasteiger charge is 2.08. The van der Waals surface area contributed by atoms with Crippen molar-refractivity contribution in [2.75, 3.05) is 5.32 Å². The molecule has 19 heavy (non-hydrogen) atoms. The second-order valence-electron chi connectivity index (χ2n) is 4.21. The van der Waals surface area contributed by atoms with Gasteiger partial charge >= 0.3 is 0 Å². The Labute approximate surface area is 135 Å². The Balaban J connectivity index is 2.19. The molecule has 0 heterocycles. The molecule has 2 aromatic carbocycles. The fourth-order valence-electron chi connectivity index (χ4n) is 1.77. The van der Waals surface area contributed by atoms with E-state index in [1.54, 1.807) is 6.07 Å².